The molecule has 0 atom stereocenters. The lowest BCUT2D eigenvalue weighted by Crippen LogP contribution is -2.54. The molecule has 1 amide bonds. The summed E-state index contributed by atoms with van der Waals surface area (Å²) in [5.74, 6) is 0.185. The van der Waals surface area contributed by atoms with Crippen LogP contribution in [0.2, 0.25) is 0 Å². The van der Waals surface area contributed by atoms with Crippen molar-refractivity contribution < 1.29 is 9.39 Å². The van der Waals surface area contributed by atoms with E-state index in [-0.39, 0.29) is 5.91 Å². The Morgan fingerprint density at radius 2 is 1.24 bits per heavy atom. The highest BCUT2D eigenvalue weighted by Gasteiger charge is 2.15. The third-order valence-electron chi connectivity index (χ3n) is 4.88. The number of quaternary nitrogens is 1. The van der Waals surface area contributed by atoms with Gasteiger partial charge in [0.1, 0.15) is 0 Å². The summed E-state index contributed by atoms with van der Waals surface area (Å²) in [6.45, 7) is 5.27. The van der Waals surface area contributed by atoms with Gasteiger partial charge in [0.25, 0.3) is 5.91 Å². The second-order valence-corrected chi connectivity index (χ2v) is 7.87. The predicted octanol–water partition coefficient (Wildman–Crippen LogP) is 6.15. The summed E-state index contributed by atoms with van der Waals surface area (Å²) >= 11 is 0. The molecule has 0 spiro atoms. The number of rotatable bonds is 17. The molecular weight excluding hydrogens is 308 g/mol. The van der Waals surface area contributed by atoms with E-state index in [2.05, 4.69) is 31.4 Å². The molecule has 3 nitrogen and oxygen atoms in total. The van der Waals surface area contributed by atoms with Crippen molar-refractivity contribution in [1.82, 2.24) is 5.43 Å². The van der Waals surface area contributed by atoms with Gasteiger partial charge in [-0.15, -0.1) is 0 Å². The quantitative estimate of drug-likeness (QED) is 0.144. The minimum Gasteiger partial charge on any atom is -0.270 e. The van der Waals surface area contributed by atoms with Crippen LogP contribution in [0.5, 0.6) is 0 Å². The predicted molar refractivity (Wildman–Crippen MR) is 110 cm³/mol. The van der Waals surface area contributed by atoms with E-state index in [0.717, 1.165) is 13.0 Å². The molecule has 0 saturated heterocycles. The van der Waals surface area contributed by atoms with Gasteiger partial charge >= 0.3 is 0 Å². The summed E-state index contributed by atoms with van der Waals surface area (Å²) in [5, 5.41) is 0. The van der Waals surface area contributed by atoms with E-state index < -0.39 is 0 Å². The zero-order valence-electron chi connectivity index (χ0n) is 17.6. The van der Waals surface area contributed by atoms with Crippen LogP contribution in [0.25, 0.3) is 0 Å². The van der Waals surface area contributed by atoms with Gasteiger partial charge in [-0.25, -0.2) is 10.0 Å². The first-order chi connectivity index (χ1) is 12.0. The number of amides is 1. The molecule has 0 heterocycles. The molecule has 0 aromatic rings. The topological polar surface area (TPSA) is 29.1 Å². The van der Waals surface area contributed by atoms with Gasteiger partial charge in [0.2, 0.25) is 0 Å². The summed E-state index contributed by atoms with van der Waals surface area (Å²) in [7, 11) is 4.05. The number of allylic oxidation sites excluding steroid dienone is 2. The summed E-state index contributed by atoms with van der Waals surface area (Å²) in [6, 6.07) is 0. The molecule has 0 unspecified atom stereocenters. The molecule has 0 aromatic heterocycles. The Morgan fingerprint density at radius 1 is 0.760 bits per heavy atom. The largest absolute Gasteiger partial charge is 0.270 e. The first-order valence-electron chi connectivity index (χ1n) is 10.8. The van der Waals surface area contributed by atoms with E-state index in [0.29, 0.717) is 11.0 Å². The van der Waals surface area contributed by atoms with E-state index in [9.17, 15) is 4.79 Å². The van der Waals surface area contributed by atoms with E-state index >= 15 is 0 Å². The molecule has 1 N–H and O–H groups in total. The maximum absolute atomic E-state index is 11.8. The third-order valence-corrected chi connectivity index (χ3v) is 4.88. The van der Waals surface area contributed by atoms with E-state index in [1.807, 2.05) is 14.1 Å². The van der Waals surface area contributed by atoms with Crippen molar-refractivity contribution in [3.05, 3.63) is 12.2 Å². The van der Waals surface area contributed by atoms with Crippen molar-refractivity contribution in [2.24, 2.45) is 0 Å². The summed E-state index contributed by atoms with van der Waals surface area (Å²) in [4.78, 5) is 11.8. The van der Waals surface area contributed by atoms with Crippen LogP contribution in [0, 0.1) is 0 Å². The van der Waals surface area contributed by atoms with Gasteiger partial charge in [-0.05, 0) is 39.0 Å². The normalized spacial score (nSPS) is 12.0. The van der Waals surface area contributed by atoms with Gasteiger partial charge in [-0.2, -0.15) is 0 Å². The van der Waals surface area contributed by atoms with Crippen LogP contribution in [0.1, 0.15) is 104 Å². The SMILES string of the molecule is CCCCCCCC/C=C\CCCCCCCC(=O)N[N+](C)(C)CC. The van der Waals surface area contributed by atoms with Crippen LogP contribution >= 0.6 is 0 Å². The molecule has 3 heteroatoms. The van der Waals surface area contributed by atoms with E-state index in [1.165, 1.54) is 77.0 Å². The maximum Gasteiger partial charge on any atom is 0.264 e. The average Bonchev–Trinajstić information content (AvgIpc) is 2.58. The fourth-order valence-corrected chi connectivity index (χ4v) is 2.83. The van der Waals surface area contributed by atoms with Crippen LogP contribution in [0.4, 0.5) is 0 Å². The molecule has 0 aromatic carbocycles. The minimum absolute atomic E-state index is 0.185. The fourth-order valence-electron chi connectivity index (χ4n) is 2.83. The number of nitrogens with one attached hydrogen (secondary N) is 1. The van der Waals surface area contributed by atoms with Gasteiger partial charge < -0.3 is 0 Å². The zero-order chi connectivity index (χ0) is 18.8. The molecule has 0 rings (SSSR count). The van der Waals surface area contributed by atoms with Crippen LogP contribution in [0.3, 0.4) is 0 Å². The van der Waals surface area contributed by atoms with Crippen molar-refractivity contribution in [2.45, 2.75) is 104 Å². The number of carbonyl (C=O) groups is 1. The minimum atomic E-state index is 0.185. The van der Waals surface area contributed by atoms with Crippen LogP contribution in [-0.2, 0) is 4.79 Å². The molecule has 25 heavy (non-hydrogen) atoms. The average molecular weight is 354 g/mol. The summed E-state index contributed by atoms with van der Waals surface area (Å²) in [6.07, 6.45) is 22.2. The second-order valence-electron chi connectivity index (χ2n) is 7.87. The van der Waals surface area contributed by atoms with E-state index in [4.69, 9.17) is 0 Å². The van der Waals surface area contributed by atoms with Crippen molar-refractivity contribution in [3.8, 4) is 0 Å². The second kappa shape index (κ2) is 16.6. The number of hydrogen-bond donors (Lipinski definition) is 1. The molecule has 0 bridgehead atoms. The standard InChI is InChI=1S/C22H44N2O/c1-5-7-8-9-10-11-12-13-14-15-16-17-18-19-20-21-22(25)23-24(3,4)6-2/h13-14H,5-12,15-21H2,1-4H3/p+1/b14-13-. The van der Waals surface area contributed by atoms with Crippen LogP contribution < -0.4 is 5.43 Å². The highest BCUT2D eigenvalue weighted by Crippen LogP contribution is 2.10. The lowest BCUT2D eigenvalue weighted by atomic mass is 10.1. The molecular formula is C22H45N2O+. The van der Waals surface area contributed by atoms with Gasteiger partial charge in [0.05, 0.1) is 20.6 Å². The van der Waals surface area contributed by atoms with Crippen LogP contribution in [-0.4, -0.2) is 31.1 Å². The molecule has 0 aliphatic carbocycles. The maximum atomic E-state index is 11.8. The number of carbonyl (C=O) groups excluding carboxylic acids is 1. The van der Waals surface area contributed by atoms with E-state index in [1.54, 1.807) is 0 Å². The Bertz CT molecular complexity index is 337. The Kier molecular flexibility index (Phi) is 16.1. The summed E-state index contributed by atoms with van der Waals surface area (Å²) in [5.41, 5.74) is 3.04. The third kappa shape index (κ3) is 17.8. The molecule has 0 aliphatic heterocycles. The first kappa shape index (κ1) is 24.2. The molecule has 0 aliphatic rings. The Morgan fingerprint density at radius 3 is 1.76 bits per heavy atom. The highest BCUT2D eigenvalue weighted by molar-refractivity contribution is 5.74. The molecule has 0 saturated carbocycles. The van der Waals surface area contributed by atoms with Gasteiger partial charge in [-0.1, -0.05) is 70.4 Å². The lowest BCUT2D eigenvalue weighted by molar-refractivity contribution is -0.923. The highest BCUT2D eigenvalue weighted by atomic mass is 16.2. The lowest BCUT2D eigenvalue weighted by Gasteiger charge is -2.27. The van der Waals surface area contributed by atoms with Crippen LogP contribution in [0.15, 0.2) is 12.2 Å². The van der Waals surface area contributed by atoms with Crippen molar-refractivity contribution >= 4 is 5.91 Å². The fraction of sp³-hybridized carbons (Fsp3) is 0.864. The number of unbranched alkanes of at least 4 members (excludes halogenated alkanes) is 11. The first-order valence-corrected chi connectivity index (χ1v) is 10.8. The Labute approximate surface area is 157 Å². The Hall–Kier alpha value is -0.830. The number of hydrogen-bond acceptors (Lipinski definition) is 1. The zero-order valence-corrected chi connectivity index (χ0v) is 17.6. The monoisotopic (exact) mass is 353 g/mol. The smallest absolute Gasteiger partial charge is 0.264 e. The Balaban J connectivity index is 3.30. The van der Waals surface area contributed by atoms with Crippen molar-refractivity contribution in [3.63, 3.8) is 0 Å². The van der Waals surface area contributed by atoms with Gasteiger partial charge in [0.15, 0.2) is 0 Å². The number of nitrogens with zero attached hydrogens (tertiary/aromatic N) is 1. The molecule has 0 radical (unpaired) electrons. The molecule has 148 valence electrons. The summed E-state index contributed by atoms with van der Waals surface area (Å²) < 4.78 is 0.573. The molecule has 0 fully saturated rings. The van der Waals surface area contributed by atoms with Crippen molar-refractivity contribution in [2.75, 3.05) is 20.6 Å². The van der Waals surface area contributed by atoms with Crippen molar-refractivity contribution in [1.29, 1.82) is 0 Å². The van der Waals surface area contributed by atoms with Gasteiger partial charge in [0, 0.05) is 6.42 Å². The van der Waals surface area contributed by atoms with Gasteiger partial charge in [-0.3, -0.25) is 4.79 Å².